The maximum absolute atomic E-state index is 11.4. The molecule has 5 heteroatoms. The maximum atomic E-state index is 11.4. The van der Waals surface area contributed by atoms with Crippen LogP contribution in [0, 0.1) is 0 Å². The molecule has 0 amide bonds. The molecule has 3 nitrogen and oxygen atoms in total. The van der Waals surface area contributed by atoms with Crippen molar-refractivity contribution in [1.82, 2.24) is 5.32 Å². The summed E-state index contributed by atoms with van der Waals surface area (Å²) in [5, 5.41) is 4.21. The van der Waals surface area contributed by atoms with E-state index in [0.29, 0.717) is 24.3 Å². The quantitative estimate of drug-likeness (QED) is 0.929. The van der Waals surface area contributed by atoms with Crippen LogP contribution in [-0.4, -0.2) is 26.0 Å². The van der Waals surface area contributed by atoms with Crippen LogP contribution in [0.3, 0.4) is 0 Å². The van der Waals surface area contributed by atoms with E-state index in [0.717, 1.165) is 10.6 Å². The largest absolute Gasteiger partial charge is 0.307 e. The van der Waals surface area contributed by atoms with Crippen LogP contribution in [0.2, 0.25) is 5.02 Å². The molecular formula is C13H18ClNO2S. The van der Waals surface area contributed by atoms with E-state index in [2.05, 4.69) is 12.2 Å². The van der Waals surface area contributed by atoms with E-state index in [4.69, 9.17) is 11.6 Å². The minimum absolute atomic E-state index is 0.189. The summed E-state index contributed by atoms with van der Waals surface area (Å²) in [5.74, 6) is 0.597. The van der Waals surface area contributed by atoms with Gasteiger partial charge in [-0.3, -0.25) is 0 Å². The predicted molar refractivity (Wildman–Crippen MR) is 74.7 cm³/mol. The molecule has 1 heterocycles. The number of rotatable bonds is 3. The van der Waals surface area contributed by atoms with Gasteiger partial charge >= 0.3 is 0 Å². The Morgan fingerprint density at radius 2 is 2.00 bits per heavy atom. The average Bonchev–Trinajstić information content (AvgIpc) is 2.32. The van der Waals surface area contributed by atoms with Gasteiger partial charge in [0.2, 0.25) is 0 Å². The Morgan fingerprint density at radius 1 is 1.33 bits per heavy atom. The van der Waals surface area contributed by atoms with E-state index in [1.54, 1.807) is 0 Å². The molecule has 0 aliphatic carbocycles. The van der Waals surface area contributed by atoms with Crippen LogP contribution in [0.4, 0.5) is 0 Å². The average molecular weight is 288 g/mol. The molecule has 0 saturated carbocycles. The molecule has 1 aliphatic heterocycles. The van der Waals surface area contributed by atoms with Gasteiger partial charge < -0.3 is 5.32 Å². The summed E-state index contributed by atoms with van der Waals surface area (Å²) < 4.78 is 22.7. The van der Waals surface area contributed by atoms with Crippen molar-refractivity contribution in [2.45, 2.75) is 31.8 Å². The number of hydrogen-bond acceptors (Lipinski definition) is 3. The molecular weight excluding hydrogens is 270 g/mol. The minimum atomic E-state index is -2.78. The Kier molecular flexibility index (Phi) is 4.30. The summed E-state index contributed by atoms with van der Waals surface area (Å²) in [5.41, 5.74) is 1.14. The molecule has 100 valence electrons. The zero-order valence-corrected chi connectivity index (χ0v) is 12.0. The first-order valence-electron chi connectivity index (χ1n) is 6.18. The van der Waals surface area contributed by atoms with Gasteiger partial charge in [0.15, 0.2) is 0 Å². The highest BCUT2D eigenvalue weighted by molar-refractivity contribution is 7.91. The van der Waals surface area contributed by atoms with Crippen molar-refractivity contribution in [3.63, 3.8) is 0 Å². The third-order valence-corrected chi connectivity index (χ3v) is 5.34. The van der Waals surface area contributed by atoms with Crippen molar-refractivity contribution in [1.29, 1.82) is 0 Å². The second-order valence-electron chi connectivity index (χ2n) is 4.87. The molecule has 1 atom stereocenters. The lowest BCUT2D eigenvalue weighted by Crippen LogP contribution is -2.38. The predicted octanol–water partition coefficient (Wildman–Crippen LogP) is 2.57. The Bertz CT molecular complexity index is 501. The Balaban J connectivity index is 1.94. The Morgan fingerprint density at radius 3 is 2.61 bits per heavy atom. The van der Waals surface area contributed by atoms with Crippen molar-refractivity contribution in [2.75, 3.05) is 11.5 Å². The van der Waals surface area contributed by atoms with Gasteiger partial charge in [-0.25, -0.2) is 8.42 Å². The lowest BCUT2D eigenvalue weighted by molar-refractivity contribution is 0.420. The van der Waals surface area contributed by atoms with Crippen LogP contribution in [0.15, 0.2) is 24.3 Å². The highest BCUT2D eigenvalue weighted by Crippen LogP contribution is 2.20. The van der Waals surface area contributed by atoms with Crippen LogP contribution in [0.25, 0.3) is 0 Å². The first-order chi connectivity index (χ1) is 8.46. The SMILES string of the molecule is CC(NC1CCS(=O)(=O)CC1)c1cccc(Cl)c1. The second-order valence-corrected chi connectivity index (χ2v) is 7.61. The highest BCUT2D eigenvalue weighted by Gasteiger charge is 2.24. The highest BCUT2D eigenvalue weighted by atomic mass is 35.5. The molecule has 0 radical (unpaired) electrons. The summed E-state index contributed by atoms with van der Waals surface area (Å²) >= 11 is 5.96. The van der Waals surface area contributed by atoms with Gasteiger partial charge in [0.05, 0.1) is 11.5 Å². The van der Waals surface area contributed by atoms with E-state index in [9.17, 15) is 8.42 Å². The maximum Gasteiger partial charge on any atom is 0.150 e. The molecule has 1 saturated heterocycles. The summed E-state index contributed by atoms with van der Waals surface area (Å²) in [4.78, 5) is 0. The third kappa shape index (κ3) is 3.70. The Hall–Kier alpha value is -0.580. The first-order valence-corrected chi connectivity index (χ1v) is 8.38. The fraction of sp³-hybridized carbons (Fsp3) is 0.538. The normalized spacial score (nSPS) is 21.7. The molecule has 0 bridgehead atoms. The topological polar surface area (TPSA) is 46.2 Å². The van der Waals surface area contributed by atoms with Gasteiger partial charge in [0.25, 0.3) is 0 Å². The van der Waals surface area contributed by atoms with Crippen molar-refractivity contribution in [3.8, 4) is 0 Å². The van der Waals surface area contributed by atoms with Crippen LogP contribution in [0.1, 0.15) is 31.4 Å². The molecule has 0 spiro atoms. The smallest absolute Gasteiger partial charge is 0.150 e. The van der Waals surface area contributed by atoms with Crippen molar-refractivity contribution in [3.05, 3.63) is 34.9 Å². The third-order valence-electron chi connectivity index (χ3n) is 3.39. The summed E-state index contributed by atoms with van der Waals surface area (Å²) in [6.07, 6.45) is 1.40. The molecule has 1 aromatic rings. The number of benzene rings is 1. The van der Waals surface area contributed by atoms with Gasteiger partial charge in [0.1, 0.15) is 9.84 Å². The van der Waals surface area contributed by atoms with E-state index in [-0.39, 0.29) is 12.1 Å². The molecule has 0 aromatic heterocycles. The van der Waals surface area contributed by atoms with Crippen LogP contribution in [-0.2, 0) is 9.84 Å². The minimum Gasteiger partial charge on any atom is -0.307 e. The van der Waals surface area contributed by atoms with Crippen molar-refractivity contribution < 1.29 is 8.42 Å². The zero-order chi connectivity index (χ0) is 13.2. The van der Waals surface area contributed by atoms with Crippen LogP contribution < -0.4 is 5.32 Å². The fourth-order valence-corrected chi connectivity index (χ4v) is 3.97. The van der Waals surface area contributed by atoms with Crippen molar-refractivity contribution >= 4 is 21.4 Å². The summed E-state index contributed by atoms with van der Waals surface area (Å²) in [6, 6.07) is 8.23. The monoisotopic (exact) mass is 287 g/mol. The molecule has 1 fully saturated rings. The van der Waals surface area contributed by atoms with Gasteiger partial charge in [-0.1, -0.05) is 23.7 Å². The molecule has 1 aromatic carbocycles. The molecule has 1 unspecified atom stereocenters. The van der Waals surface area contributed by atoms with Gasteiger partial charge in [-0.15, -0.1) is 0 Å². The van der Waals surface area contributed by atoms with E-state index in [1.807, 2.05) is 24.3 Å². The van der Waals surface area contributed by atoms with Crippen molar-refractivity contribution in [2.24, 2.45) is 0 Å². The van der Waals surface area contributed by atoms with Crippen LogP contribution in [0.5, 0.6) is 0 Å². The van der Waals surface area contributed by atoms with E-state index in [1.165, 1.54) is 0 Å². The van der Waals surface area contributed by atoms with Gasteiger partial charge in [-0.05, 0) is 37.5 Å². The first kappa shape index (κ1) is 13.8. The van der Waals surface area contributed by atoms with Gasteiger partial charge in [-0.2, -0.15) is 0 Å². The molecule has 1 aliphatic rings. The van der Waals surface area contributed by atoms with E-state index < -0.39 is 9.84 Å². The Labute approximate surface area is 113 Å². The second kappa shape index (κ2) is 5.59. The summed E-state index contributed by atoms with van der Waals surface area (Å²) in [7, 11) is -2.78. The molecule has 2 rings (SSSR count). The zero-order valence-electron chi connectivity index (χ0n) is 10.4. The molecule has 1 N–H and O–H groups in total. The fourth-order valence-electron chi connectivity index (χ4n) is 2.28. The lowest BCUT2D eigenvalue weighted by Gasteiger charge is -2.27. The van der Waals surface area contributed by atoms with Gasteiger partial charge in [0, 0.05) is 17.1 Å². The number of nitrogens with one attached hydrogen (secondary N) is 1. The number of halogens is 1. The van der Waals surface area contributed by atoms with E-state index >= 15 is 0 Å². The standard InChI is InChI=1S/C13H18ClNO2S/c1-10(11-3-2-4-12(14)9-11)15-13-5-7-18(16,17)8-6-13/h2-4,9-10,13,15H,5-8H2,1H3. The summed E-state index contributed by atoms with van der Waals surface area (Å²) in [6.45, 7) is 2.08. The lowest BCUT2D eigenvalue weighted by atomic mass is 10.1. The van der Waals surface area contributed by atoms with Crippen LogP contribution >= 0.6 is 11.6 Å². The number of hydrogen-bond donors (Lipinski definition) is 1. The molecule has 18 heavy (non-hydrogen) atoms. The number of sulfone groups is 1.